The summed E-state index contributed by atoms with van der Waals surface area (Å²) in [5.41, 5.74) is 0.132. The number of benzene rings is 1. The molecule has 0 aliphatic heterocycles. The number of hydrogen-bond acceptors (Lipinski definition) is 10. The Balaban J connectivity index is 2.14. The van der Waals surface area contributed by atoms with Gasteiger partial charge >= 0.3 is 11.9 Å². The van der Waals surface area contributed by atoms with Gasteiger partial charge in [-0.3, -0.25) is 34.0 Å². The Bertz CT molecular complexity index is 1390. The maximum absolute atomic E-state index is 12.9. The van der Waals surface area contributed by atoms with E-state index >= 15 is 0 Å². The molecule has 2 rings (SSSR count). The predicted molar refractivity (Wildman–Crippen MR) is 159 cm³/mol. The SMILES string of the molecule is CCCCCC(C(=O)NCNC(=O)c1ccc(-c2ccc(C(=O)NC(CC(=O)O)C(=O)O)c(OCC=O)c2)o1)C(CC)N(O)C=O. The van der Waals surface area contributed by atoms with Crippen LogP contribution in [0.15, 0.2) is 34.7 Å². The summed E-state index contributed by atoms with van der Waals surface area (Å²) in [7, 11) is 0. The Morgan fingerprint density at radius 2 is 1.74 bits per heavy atom. The Labute approximate surface area is 264 Å². The summed E-state index contributed by atoms with van der Waals surface area (Å²) in [5.74, 6) is -5.90. The summed E-state index contributed by atoms with van der Waals surface area (Å²) < 4.78 is 11.0. The zero-order valence-electron chi connectivity index (χ0n) is 25.4. The Morgan fingerprint density at radius 1 is 1.00 bits per heavy atom. The van der Waals surface area contributed by atoms with E-state index in [1.807, 2.05) is 6.92 Å². The Morgan fingerprint density at radius 3 is 2.35 bits per heavy atom. The van der Waals surface area contributed by atoms with E-state index in [9.17, 15) is 43.9 Å². The Kier molecular flexibility index (Phi) is 14.9. The van der Waals surface area contributed by atoms with Crippen molar-refractivity contribution in [3.63, 3.8) is 0 Å². The zero-order valence-corrected chi connectivity index (χ0v) is 25.4. The number of ether oxygens (including phenoxy) is 1. The molecular formula is C30H38N4O12. The summed E-state index contributed by atoms with van der Waals surface area (Å²) in [6.07, 6.45) is 3.06. The lowest BCUT2D eigenvalue weighted by atomic mass is 9.90. The Hall–Kier alpha value is -5.25. The lowest BCUT2D eigenvalue weighted by Gasteiger charge is -2.29. The van der Waals surface area contributed by atoms with Gasteiger partial charge in [-0.15, -0.1) is 0 Å². The van der Waals surface area contributed by atoms with Gasteiger partial charge in [0.25, 0.3) is 11.8 Å². The molecule has 0 saturated heterocycles. The molecule has 1 aromatic heterocycles. The smallest absolute Gasteiger partial charge is 0.326 e. The number of carbonyl (C=O) groups is 7. The topological polar surface area (TPSA) is 242 Å². The fraction of sp³-hybridized carbons (Fsp3) is 0.433. The van der Waals surface area contributed by atoms with E-state index in [1.54, 1.807) is 6.92 Å². The van der Waals surface area contributed by atoms with Crippen molar-refractivity contribution in [3.05, 3.63) is 41.7 Å². The summed E-state index contributed by atoms with van der Waals surface area (Å²) in [4.78, 5) is 82.8. The number of aldehydes is 1. The number of hydrogen-bond donors (Lipinski definition) is 6. The number of carboxylic acids is 2. The first-order valence-corrected chi connectivity index (χ1v) is 14.5. The van der Waals surface area contributed by atoms with Crippen molar-refractivity contribution in [1.82, 2.24) is 21.0 Å². The van der Waals surface area contributed by atoms with Crippen molar-refractivity contribution >= 4 is 42.4 Å². The number of nitrogens with one attached hydrogen (secondary N) is 3. The lowest BCUT2D eigenvalue weighted by Crippen LogP contribution is -2.47. The number of unbranched alkanes of at least 4 members (excludes halogenated alkanes) is 2. The van der Waals surface area contributed by atoms with E-state index in [-0.39, 0.29) is 35.9 Å². The van der Waals surface area contributed by atoms with Crippen LogP contribution < -0.4 is 20.7 Å². The van der Waals surface area contributed by atoms with Gasteiger partial charge in [-0.1, -0.05) is 39.2 Å². The second-order valence-corrected chi connectivity index (χ2v) is 10.1. The van der Waals surface area contributed by atoms with E-state index < -0.39 is 60.7 Å². The van der Waals surface area contributed by atoms with Crippen LogP contribution in [0.5, 0.6) is 5.75 Å². The minimum absolute atomic E-state index is 0.132. The summed E-state index contributed by atoms with van der Waals surface area (Å²) >= 11 is 0. The molecule has 3 unspecified atom stereocenters. The highest BCUT2D eigenvalue weighted by Crippen LogP contribution is 2.29. The third kappa shape index (κ3) is 10.7. The average Bonchev–Trinajstić information content (AvgIpc) is 3.53. The average molecular weight is 647 g/mol. The highest BCUT2D eigenvalue weighted by Gasteiger charge is 2.31. The maximum Gasteiger partial charge on any atom is 0.326 e. The van der Waals surface area contributed by atoms with E-state index in [1.165, 1.54) is 30.3 Å². The molecule has 0 aliphatic carbocycles. The molecule has 1 heterocycles. The lowest BCUT2D eigenvalue weighted by molar-refractivity contribution is -0.168. The van der Waals surface area contributed by atoms with Gasteiger partial charge < -0.3 is 35.3 Å². The van der Waals surface area contributed by atoms with E-state index in [0.717, 1.165) is 12.8 Å². The zero-order chi connectivity index (χ0) is 34.2. The molecule has 1 aromatic carbocycles. The van der Waals surface area contributed by atoms with Crippen molar-refractivity contribution in [1.29, 1.82) is 0 Å². The summed E-state index contributed by atoms with van der Waals surface area (Å²) in [6.45, 7) is 3.02. The second-order valence-electron chi connectivity index (χ2n) is 10.1. The molecule has 4 amide bonds. The fourth-order valence-corrected chi connectivity index (χ4v) is 4.61. The van der Waals surface area contributed by atoms with Gasteiger partial charge in [0, 0.05) is 5.56 Å². The molecule has 0 bridgehead atoms. The van der Waals surface area contributed by atoms with Gasteiger partial charge in [-0.25, -0.2) is 9.86 Å². The normalized spacial score (nSPS) is 12.6. The number of amides is 4. The van der Waals surface area contributed by atoms with Crippen LogP contribution in [0.1, 0.15) is 73.3 Å². The van der Waals surface area contributed by atoms with Crippen LogP contribution in [0, 0.1) is 5.92 Å². The van der Waals surface area contributed by atoms with Gasteiger partial charge in [-0.05, 0) is 37.1 Å². The number of hydroxylamine groups is 2. The molecule has 46 heavy (non-hydrogen) atoms. The molecule has 0 fully saturated rings. The van der Waals surface area contributed by atoms with Crippen molar-refractivity contribution in [2.45, 2.75) is 64.5 Å². The standard InChI is InChI=1S/C30H38N4O12/c1-3-5-6-7-19(22(4-2)34(44)17-36)27(39)31-16-32-29(41)24-11-10-23(46-24)18-8-9-20(25(14-18)45-13-12-35)28(40)33-21(30(42)43)15-26(37)38/h8-12,14,17,19,21-22,44H,3-7,13,15-16H2,1-2H3,(H,31,39)(H,32,41)(H,33,40)(H,37,38)(H,42,43). The van der Waals surface area contributed by atoms with Gasteiger partial charge in [0.05, 0.1) is 30.6 Å². The highest BCUT2D eigenvalue weighted by molar-refractivity contribution is 6.00. The molecule has 0 saturated carbocycles. The first kappa shape index (κ1) is 36.9. The van der Waals surface area contributed by atoms with Crippen molar-refractivity contribution in [2.24, 2.45) is 5.92 Å². The monoisotopic (exact) mass is 646 g/mol. The molecule has 6 N–H and O–H groups in total. The third-order valence-electron chi connectivity index (χ3n) is 6.93. The number of carbonyl (C=O) groups excluding carboxylic acids is 5. The summed E-state index contributed by atoms with van der Waals surface area (Å²) in [5, 5.41) is 35.8. The van der Waals surface area contributed by atoms with Crippen molar-refractivity contribution < 1.29 is 58.1 Å². The van der Waals surface area contributed by atoms with Gasteiger partial charge in [-0.2, -0.15) is 0 Å². The van der Waals surface area contributed by atoms with Crippen LogP contribution in [0.3, 0.4) is 0 Å². The number of furan rings is 1. The van der Waals surface area contributed by atoms with Gasteiger partial charge in [0.2, 0.25) is 12.3 Å². The van der Waals surface area contributed by atoms with E-state index in [4.69, 9.17) is 14.3 Å². The predicted octanol–water partition coefficient (Wildman–Crippen LogP) is 1.81. The minimum atomic E-state index is -1.72. The molecule has 16 nitrogen and oxygen atoms in total. The molecule has 2 aromatic rings. The first-order chi connectivity index (χ1) is 22.0. The summed E-state index contributed by atoms with van der Waals surface area (Å²) in [6, 6.07) is 4.32. The molecule has 0 spiro atoms. The largest absolute Gasteiger partial charge is 0.485 e. The number of aliphatic carboxylic acids is 2. The van der Waals surface area contributed by atoms with Crippen LogP contribution >= 0.6 is 0 Å². The van der Waals surface area contributed by atoms with Crippen LogP contribution in [0.4, 0.5) is 0 Å². The number of rotatable bonds is 21. The van der Waals surface area contributed by atoms with E-state index in [0.29, 0.717) is 36.2 Å². The third-order valence-corrected chi connectivity index (χ3v) is 6.93. The van der Waals surface area contributed by atoms with E-state index in [2.05, 4.69) is 16.0 Å². The van der Waals surface area contributed by atoms with Crippen LogP contribution in [0.25, 0.3) is 11.3 Å². The minimum Gasteiger partial charge on any atom is -0.485 e. The van der Waals surface area contributed by atoms with Crippen LogP contribution in [0.2, 0.25) is 0 Å². The van der Waals surface area contributed by atoms with Crippen LogP contribution in [-0.4, -0.2) is 88.2 Å². The quantitative estimate of drug-likeness (QED) is 0.0374. The number of carboxylic acid groups (broad SMARTS) is 2. The number of nitrogens with zero attached hydrogens (tertiary/aromatic N) is 1. The second kappa shape index (κ2) is 18.5. The molecule has 250 valence electrons. The molecular weight excluding hydrogens is 608 g/mol. The first-order valence-electron chi connectivity index (χ1n) is 14.5. The molecule has 16 heteroatoms. The van der Waals surface area contributed by atoms with Gasteiger partial charge in [0.1, 0.15) is 24.2 Å². The van der Waals surface area contributed by atoms with Gasteiger partial charge in [0.15, 0.2) is 12.0 Å². The van der Waals surface area contributed by atoms with Crippen LogP contribution in [-0.2, 0) is 24.0 Å². The highest BCUT2D eigenvalue weighted by atomic mass is 16.5. The van der Waals surface area contributed by atoms with Crippen molar-refractivity contribution in [3.8, 4) is 17.1 Å². The van der Waals surface area contributed by atoms with Crippen molar-refractivity contribution in [2.75, 3.05) is 13.3 Å². The molecule has 3 atom stereocenters. The fourth-order valence-electron chi connectivity index (χ4n) is 4.61. The maximum atomic E-state index is 12.9. The molecule has 0 aliphatic rings. The molecule has 0 radical (unpaired) electrons.